The largest absolute Gasteiger partial charge is 0.339 e. The van der Waals surface area contributed by atoms with Crippen LogP contribution in [-0.2, 0) is 0 Å². The molecule has 0 aromatic carbocycles. The lowest BCUT2D eigenvalue weighted by Gasteiger charge is -2.01. The second kappa shape index (κ2) is 3.93. The summed E-state index contributed by atoms with van der Waals surface area (Å²) in [4.78, 5) is 4.56. The lowest BCUT2D eigenvalue weighted by atomic mass is 10.1. The van der Waals surface area contributed by atoms with Crippen molar-refractivity contribution in [3.8, 4) is 0 Å². The Kier molecular flexibility index (Phi) is 2.44. The highest BCUT2D eigenvalue weighted by atomic mass is 16.5. The molecular formula is C11H17N3O. The van der Waals surface area contributed by atoms with Crippen LogP contribution in [0.5, 0.6) is 0 Å². The van der Waals surface area contributed by atoms with Crippen LogP contribution in [0.4, 0.5) is 0 Å². The van der Waals surface area contributed by atoms with E-state index in [1.807, 2.05) is 0 Å². The molecule has 3 rings (SSSR count). The summed E-state index contributed by atoms with van der Waals surface area (Å²) in [5.41, 5.74) is 0. The second-order valence-corrected chi connectivity index (χ2v) is 4.66. The Morgan fingerprint density at radius 1 is 1.13 bits per heavy atom. The van der Waals surface area contributed by atoms with E-state index in [1.54, 1.807) is 0 Å². The normalized spacial score (nSPS) is 27.6. The Balaban J connectivity index is 1.74. The zero-order valence-electron chi connectivity index (χ0n) is 8.91. The van der Waals surface area contributed by atoms with E-state index >= 15 is 0 Å². The van der Waals surface area contributed by atoms with Crippen LogP contribution in [0.15, 0.2) is 4.52 Å². The Morgan fingerprint density at radius 2 is 2.00 bits per heavy atom. The van der Waals surface area contributed by atoms with Crippen LogP contribution in [0.3, 0.4) is 0 Å². The van der Waals surface area contributed by atoms with E-state index in [2.05, 4.69) is 15.5 Å². The van der Waals surface area contributed by atoms with Gasteiger partial charge < -0.3 is 9.84 Å². The highest BCUT2D eigenvalue weighted by Crippen LogP contribution is 2.33. The van der Waals surface area contributed by atoms with Gasteiger partial charge >= 0.3 is 0 Å². The van der Waals surface area contributed by atoms with E-state index in [1.165, 1.54) is 25.7 Å². The fourth-order valence-corrected chi connectivity index (χ4v) is 2.63. The van der Waals surface area contributed by atoms with Crippen molar-refractivity contribution in [2.24, 2.45) is 0 Å². The van der Waals surface area contributed by atoms with Crippen LogP contribution in [0, 0.1) is 0 Å². The summed E-state index contributed by atoms with van der Waals surface area (Å²) in [5, 5.41) is 7.45. The van der Waals surface area contributed by atoms with Crippen molar-refractivity contribution in [3.63, 3.8) is 0 Å². The first-order valence-electron chi connectivity index (χ1n) is 5.97. The standard InChI is InChI=1S/C11H17N3O/c1-2-4-8(3-1)10-13-11(15-14-10)9-5-6-12-7-9/h8-9,12H,1-7H2/t9-/m1/s1. The van der Waals surface area contributed by atoms with Gasteiger partial charge in [-0.1, -0.05) is 18.0 Å². The fourth-order valence-electron chi connectivity index (χ4n) is 2.63. The Morgan fingerprint density at radius 3 is 2.73 bits per heavy atom. The molecule has 82 valence electrons. The van der Waals surface area contributed by atoms with Crippen molar-refractivity contribution in [3.05, 3.63) is 11.7 Å². The quantitative estimate of drug-likeness (QED) is 0.803. The highest BCUT2D eigenvalue weighted by molar-refractivity contribution is 5.02. The summed E-state index contributed by atoms with van der Waals surface area (Å²) in [7, 11) is 0. The van der Waals surface area contributed by atoms with E-state index in [0.29, 0.717) is 11.8 Å². The monoisotopic (exact) mass is 207 g/mol. The SMILES string of the molecule is C1CCC(c2noc([C@@H]3CCNC3)n2)C1. The molecule has 0 unspecified atom stereocenters. The Labute approximate surface area is 89.4 Å². The van der Waals surface area contributed by atoms with Crippen molar-refractivity contribution in [1.82, 2.24) is 15.5 Å². The Bertz CT molecular complexity index is 294. The van der Waals surface area contributed by atoms with Crippen molar-refractivity contribution in [1.29, 1.82) is 0 Å². The van der Waals surface area contributed by atoms with Gasteiger partial charge in [0.25, 0.3) is 0 Å². The van der Waals surface area contributed by atoms with Gasteiger partial charge in [-0.3, -0.25) is 0 Å². The third-order valence-corrected chi connectivity index (χ3v) is 3.59. The molecule has 2 fully saturated rings. The minimum atomic E-state index is 0.452. The number of nitrogens with zero attached hydrogens (tertiary/aromatic N) is 2. The van der Waals surface area contributed by atoms with Crippen molar-refractivity contribution >= 4 is 0 Å². The maximum atomic E-state index is 5.36. The van der Waals surface area contributed by atoms with Crippen LogP contribution < -0.4 is 5.32 Å². The zero-order chi connectivity index (χ0) is 10.1. The first kappa shape index (κ1) is 9.33. The second-order valence-electron chi connectivity index (χ2n) is 4.66. The first-order chi connectivity index (χ1) is 7.43. The van der Waals surface area contributed by atoms with E-state index < -0.39 is 0 Å². The predicted octanol–water partition coefficient (Wildman–Crippen LogP) is 1.80. The summed E-state index contributed by atoms with van der Waals surface area (Å²) < 4.78 is 5.36. The fraction of sp³-hybridized carbons (Fsp3) is 0.818. The highest BCUT2D eigenvalue weighted by Gasteiger charge is 2.26. The molecule has 0 amide bonds. The molecule has 1 atom stereocenters. The summed E-state index contributed by atoms with van der Waals surface area (Å²) in [6.45, 7) is 2.07. The summed E-state index contributed by atoms with van der Waals surface area (Å²) in [6.07, 6.45) is 6.25. The van der Waals surface area contributed by atoms with Crippen LogP contribution in [0.2, 0.25) is 0 Å². The van der Waals surface area contributed by atoms with Crippen LogP contribution in [-0.4, -0.2) is 23.2 Å². The molecule has 1 aliphatic heterocycles. The van der Waals surface area contributed by atoms with Crippen molar-refractivity contribution in [2.75, 3.05) is 13.1 Å². The molecule has 15 heavy (non-hydrogen) atoms. The zero-order valence-corrected chi connectivity index (χ0v) is 8.91. The molecule has 1 saturated carbocycles. The van der Waals surface area contributed by atoms with Gasteiger partial charge in [-0.15, -0.1) is 0 Å². The van der Waals surface area contributed by atoms with E-state index in [-0.39, 0.29) is 0 Å². The van der Waals surface area contributed by atoms with Gasteiger partial charge in [0.1, 0.15) is 0 Å². The number of aromatic nitrogens is 2. The van der Waals surface area contributed by atoms with Gasteiger partial charge in [0, 0.05) is 12.5 Å². The summed E-state index contributed by atoms with van der Waals surface area (Å²) in [6, 6.07) is 0. The average Bonchev–Trinajstić information content (AvgIpc) is 3.02. The molecule has 1 aromatic rings. The van der Waals surface area contributed by atoms with Crippen molar-refractivity contribution in [2.45, 2.75) is 43.9 Å². The molecular weight excluding hydrogens is 190 g/mol. The van der Waals surface area contributed by atoms with E-state index in [9.17, 15) is 0 Å². The predicted molar refractivity (Wildman–Crippen MR) is 55.7 cm³/mol. The summed E-state index contributed by atoms with van der Waals surface area (Å²) >= 11 is 0. The maximum absolute atomic E-state index is 5.36. The molecule has 1 aliphatic carbocycles. The molecule has 0 radical (unpaired) electrons. The van der Waals surface area contributed by atoms with Gasteiger partial charge in [0.2, 0.25) is 5.89 Å². The first-order valence-corrected chi connectivity index (χ1v) is 5.97. The van der Waals surface area contributed by atoms with Gasteiger partial charge in [0.05, 0.1) is 5.92 Å². The van der Waals surface area contributed by atoms with Crippen LogP contribution in [0.25, 0.3) is 0 Å². The smallest absolute Gasteiger partial charge is 0.231 e. The maximum Gasteiger partial charge on any atom is 0.231 e. The average molecular weight is 207 g/mol. The van der Waals surface area contributed by atoms with Gasteiger partial charge in [-0.2, -0.15) is 4.98 Å². The molecule has 2 heterocycles. The van der Waals surface area contributed by atoms with Crippen LogP contribution >= 0.6 is 0 Å². The topological polar surface area (TPSA) is 51.0 Å². The summed E-state index contributed by atoms with van der Waals surface area (Å²) in [5.74, 6) is 2.82. The number of nitrogens with one attached hydrogen (secondary N) is 1. The molecule has 1 N–H and O–H groups in total. The molecule has 0 spiro atoms. The molecule has 4 nitrogen and oxygen atoms in total. The molecule has 4 heteroatoms. The van der Waals surface area contributed by atoms with Gasteiger partial charge in [0.15, 0.2) is 5.82 Å². The van der Waals surface area contributed by atoms with Crippen LogP contribution in [0.1, 0.15) is 55.7 Å². The molecule has 0 bridgehead atoms. The van der Waals surface area contributed by atoms with E-state index in [4.69, 9.17) is 4.52 Å². The minimum absolute atomic E-state index is 0.452. The number of hydrogen-bond acceptors (Lipinski definition) is 4. The van der Waals surface area contributed by atoms with E-state index in [0.717, 1.165) is 31.2 Å². The van der Waals surface area contributed by atoms with Gasteiger partial charge in [-0.25, -0.2) is 0 Å². The molecule has 1 saturated heterocycles. The lowest BCUT2D eigenvalue weighted by molar-refractivity contribution is 0.352. The number of rotatable bonds is 2. The van der Waals surface area contributed by atoms with Crippen molar-refractivity contribution < 1.29 is 4.52 Å². The lowest BCUT2D eigenvalue weighted by Crippen LogP contribution is -2.08. The third kappa shape index (κ3) is 1.78. The molecule has 1 aromatic heterocycles. The minimum Gasteiger partial charge on any atom is -0.339 e. The number of hydrogen-bond donors (Lipinski definition) is 1. The molecule has 2 aliphatic rings. The van der Waals surface area contributed by atoms with Gasteiger partial charge in [-0.05, 0) is 25.8 Å². The Hall–Kier alpha value is -0.900. The third-order valence-electron chi connectivity index (χ3n) is 3.59.